The molecule has 0 fully saturated rings. The van der Waals surface area contributed by atoms with Crippen LogP contribution in [0.2, 0.25) is 5.02 Å². The standard InChI is InChI=1S/C16H17ClN6OS/c1-9(2)12-18-14(23(3)4)20-15(19-12)25-16-22-21-13(24-16)10-6-5-7-11(17)8-10/h5-9H,1-4H3. The predicted octanol–water partition coefficient (Wildman–Crippen LogP) is 3.92. The van der Waals surface area contributed by atoms with Crippen molar-refractivity contribution in [2.24, 2.45) is 0 Å². The van der Waals surface area contributed by atoms with E-state index in [2.05, 4.69) is 25.1 Å². The highest BCUT2D eigenvalue weighted by molar-refractivity contribution is 7.98. The molecule has 0 amide bonds. The molecule has 0 spiro atoms. The summed E-state index contributed by atoms with van der Waals surface area (Å²) in [5.41, 5.74) is 0.763. The van der Waals surface area contributed by atoms with Crippen LogP contribution in [0.25, 0.3) is 11.5 Å². The summed E-state index contributed by atoms with van der Waals surface area (Å²) in [6, 6.07) is 7.25. The lowest BCUT2D eigenvalue weighted by Gasteiger charge is -2.13. The first-order chi connectivity index (χ1) is 11.9. The fraction of sp³-hybridized carbons (Fsp3) is 0.312. The van der Waals surface area contributed by atoms with Gasteiger partial charge in [0.2, 0.25) is 17.0 Å². The maximum absolute atomic E-state index is 6.00. The number of rotatable bonds is 5. The number of halogens is 1. The van der Waals surface area contributed by atoms with Crippen LogP contribution in [0, 0.1) is 0 Å². The van der Waals surface area contributed by atoms with Crippen LogP contribution in [0.5, 0.6) is 0 Å². The van der Waals surface area contributed by atoms with Gasteiger partial charge in [0.15, 0.2) is 0 Å². The highest BCUT2D eigenvalue weighted by Gasteiger charge is 2.16. The van der Waals surface area contributed by atoms with Crippen LogP contribution in [0.4, 0.5) is 5.95 Å². The summed E-state index contributed by atoms with van der Waals surface area (Å²) in [4.78, 5) is 15.2. The third-order valence-electron chi connectivity index (χ3n) is 3.19. The molecule has 130 valence electrons. The van der Waals surface area contributed by atoms with E-state index in [9.17, 15) is 0 Å². The van der Waals surface area contributed by atoms with Gasteiger partial charge in [-0.05, 0) is 18.2 Å². The summed E-state index contributed by atoms with van der Waals surface area (Å²) in [5.74, 6) is 1.90. The van der Waals surface area contributed by atoms with Gasteiger partial charge in [0.1, 0.15) is 5.82 Å². The first-order valence-corrected chi connectivity index (χ1v) is 8.82. The highest BCUT2D eigenvalue weighted by Crippen LogP contribution is 2.29. The monoisotopic (exact) mass is 376 g/mol. The number of hydrogen-bond donors (Lipinski definition) is 0. The molecule has 7 nitrogen and oxygen atoms in total. The second-order valence-corrected chi connectivity index (χ2v) is 7.17. The van der Waals surface area contributed by atoms with Gasteiger partial charge in [0, 0.05) is 42.4 Å². The molecule has 0 N–H and O–H groups in total. The van der Waals surface area contributed by atoms with E-state index in [0.717, 1.165) is 11.4 Å². The average molecular weight is 377 g/mol. The maximum atomic E-state index is 6.00. The molecule has 9 heteroatoms. The maximum Gasteiger partial charge on any atom is 0.284 e. The highest BCUT2D eigenvalue weighted by atomic mass is 35.5. The SMILES string of the molecule is CC(C)c1nc(Sc2nnc(-c3cccc(Cl)c3)o2)nc(N(C)C)n1. The van der Waals surface area contributed by atoms with Crippen LogP contribution in [0.15, 0.2) is 39.1 Å². The third-order valence-corrected chi connectivity index (χ3v) is 4.13. The molecule has 1 aromatic carbocycles. The Bertz CT molecular complexity index is 856. The van der Waals surface area contributed by atoms with E-state index < -0.39 is 0 Å². The van der Waals surface area contributed by atoms with E-state index in [-0.39, 0.29) is 5.92 Å². The number of hydrogen-bond acceptors (Lipinski definition) is 8. The minimum atomic E-state index is 0.186. The van der Waals surface area contributed by atoms with Crippen molar-refractivity contribution < 1.29 is 4.42 Å². The lowest BCUT2D eigenvalue weighted by atomic mass is 10.2. The van der Waals surface area contributed by atoms with E-state index in [1.807, 2.05) is 45.0 Å². The van der Waals surface area contributed by atoms with E-state index in [1.165, 1.54) is 11.8 Å². The molecular formula is C16H17ClN6OS. The number of aromatic nitrogens is 5. The molecule has 3 rings (SSSR count). The fourth-order valence-corrected chi connectivity index (χ4v) is 2.75. The van der Waals surface area contributed by atoms with E-state index in [1.54, 1.807) is 12.1 Å². The Balaban J connectivity index is 1.88. The lowest BCUT2D eigenvalue weighted by molar-refractivity contribution is 0.465. The molecular weight excluding hydrogens is 360 g/mol. The summed E-state index contributed by atoms with van der Waals surface area (Å²) >= 11 is 7.21. The molecule has 3 aromatic rings. The molecule has 0 radical (unpaired) electrons. The quantitative estimate of drug-likeness (QED) is 0.662. The molecule has 0 saturated carbocycles. The zero-order valence-corrected chi connectivity index (χ0v) is 15.8. The molecule has 0 aliphatic heterocycles. The van der Waals surface area contributed by atoms with E-state index in [0.29, 0.717) is 27.2 Å². The Morgan fingerprint density at radius 2 is 1.92 bits per heavy atom. The normalized spacial score (nSPS) is 11.1. The summed E-state index contributed by atoms with van der Waals surface area (Å²) < 4.78 is 5.70. The molecule has 0 saturated heterocycles. The molecule has 0 aliphatic carbocycles. The Hall–Kier alpha value is -2.19. The largest absolute Gasteiger partial charge is 0.411 e. The van der Waals surface area contributed by atoms with Crippen molar-refractivity contribution in [3.63, 3.8) is 0 Å². The van der Waals surface area contributed by atoms with Gasteiger partial charge in [-0.3, -0.25) is 0 Å². The van der Waals surface area contributed by atoms with Gasteiger partial charge in [-0.25, -0.2) is 4.98 Å². The molecule has 0 atom stereocenters. The summed E-state index contributed by atoms with van der Waals surface area (Å²) in [6.07, 6.45) is 0. The Labute approximate surface area is 154 Å². The zero-order chi connectivity index (χ0) is 18.0. The van der Waals surface area contributed by atoms with Crippen molar-refractivity contribution in [3.05, 3.63) is 35.1 Å². The molecule has 2 aromatic heterocycles. The van der Waals surface area contributed by atoms with E-state index in [4.69, 9.17) is 16.0 Å². The fourth-order valence-electron chi connectivity index (χ4n) is 1.93. The Morgan fingerprint density at radius 1 is 1.12 bits per heavy atom. The second-order valence-electron chi connectivity index (χ2n) is 5.81. The minimum Gasteiger partial charge on any atom is -0.411 e. The van der Waals surface area contributed by atoms with Crippen molar-refractivity contribution in [2.45, 2.75) is 30.1 Å². The van der Waals surface area contributed by atoms with Crippen molar-refractivity contribution >= 4 is 29.3 Å². The predicted molar refractivity (Wildman–Crippen MR) is 97.1 cm³/mol. The first kappa shape index (κ1) is 17.6. The number of nitrogens with zero attached hydrogens (tertiary/aromatic N) is 6. The van der Waals surface area contributed by atoms with Crippen LogP contribution in [-0.2, 0) is 0 Å². The van der Waals surface area contributed by atoms with Crippen LogP contribution in [0.3, 0.4) is 0 Å². The van der Waals surface area contributed by atoms with Gasteiger partial charge in [-0.15, -0.1) is 10.2 Å². The Kier molecular flexibility index (Phi) is 5.19. The van der Waals surface area contributed by atoms with Gasteiger partial charge in [0.05, 0.1) is 0 Å². The first-order valence-electron chi connectivity index (χ1n) is 7.63. The number of benzene rings is 1. The van der Waals surface area contributed by atoms with Crippen molar-refractivity contribution in [1.82, 2.24) is 25.1 Å². The third kappa shape index (κ3) is 4.26. The van der Waals surface area contributed by atoms with Gasteiger partial charge >= 0.3 is 0 Å². The smallest absolute Gasteiger partial charge is 0.284 e. The summed E-state index contributed by atoms with van der Waals surface area (Å²) in [5, 5.41) is 9.61. The van der Waals surface area contributed by atoms with Crippen LogP contribution in [0.1, 0.15) is 25.6 Å². The Morgan fingerprint density at radius 3 is 2.60 bits per heavy atom. The van der Waals surface area contributed by atoms with Crippen molar-refractivity contribution in [1.29, 1.82) is 0 Å². The summed E-state index contributed by atoms with van der Waals surface area (Å²) in [6.45, 7) is 4.07. The van der Waals surface area contributed by atoms with Gasteiger partial charge in [-0.1, -0.05) is 31.5 Å². The molecule has 0 aliphatic rings. The second kappa shape index (κ2) is 7.37. The summed E-state index contributed by atoms with van der Waals surface area (Å²) in [7, 11) is 3.77. The van der Waals surface area contributed by atoms with Crippen LogP contribution >= 0.6 is 23.4 Å². The zero-order valence-electron chi connectivity index (χ0n) is 14.3. The van der Waals surface area contributed by atoms with Crippen molar-refractivity contribution in [3.8, 4) is 11.5 Å². The van der Waals surface area contributed by atoms with Gasteiger partial charge in [-0.2, -0.15) is 9.97 Å². The topological polar surface area (TPSA) is 80.8 Å². The lowest BCUT2D eigenvalue weighted by Crippen LogP contribution is -2.15. The number of anilines is 1. The van der Waals surface area contributed by atoms with E-state index >= 15 is 0 Å². The average Bonchev–Trinajstić information content (AvgIpc) is 3.03. The van der Waals surface area contributed by atoms with Gasteiger partial charge < -0.3 is 9.32 Å². The van der Waals surface area contributed by atoms with Crippen molar-refractivity contribution in [2.75, 3.05) is 19.0 Å². The van der Waals surface area contributed by atoms with Crippen LogP contribution in [-0.4, -0.2) is 39.2 Å². The minimum absolute atomic E-state index is 0.186. The van der Waals surface area contributed by atoms with Gasteiger partial charge in [0.25, 0.3) is 5.22 Å². The molecule has 0 unspecified atom stereocenters. The molecule has 0 bridgehead atoms. The molecule has 25 heavy (non-hydrogen) atoms. The van der Waals surface area contributed by atoms with Crippen LogP contribution < -0.4 is 4.90 Å². The molecule has 2 heterocycles.